The Bertz CT molecular complexity index is 1120. The SMILES string of the molecule is Cc1ccc(C)c(S(=O)(=O)Oc2ccc(C(=O)OCC(=O)NC(=O)NC(C)(C)C)cc2)c1. The first-order valence-corrected chi connectivity index (χ1v) is 11.1. The Hall–Kier alpha value is -3.40. The van der Waals surface area contributed by atoms with Crippen molar-refractivity contribution in [1.29, 1.82) is 0 Å². The molecule has 0 aromatic heterocycles. The Morgan fingerprint density at radius 2 is 1.59 bits per heavy atom. The molecule has 0 spiro atoms. The van der Waals surface area contributed by atoms with Gasteiger partial charge in [0.25, 0.3) is 5.91 Å². The summed E-state index contributed by atoms with van der Waals surface area (Å²) in [6, 6.07) is 9.51. The van der Waals surface area contributed by atoms with Crippen LogP contribution in [-0.4, -0.2) is 38.5 Å². The summed E-state index contributed by atoms with van der Waals surface area (Å²) < 4.78 is 35.1. The molecule has 0 saturated carbocycles. The minimum absolute atomic E-state index is 0.0130. The number of aryl methyl sites for hydroxylation is 2. The molecule has 172 valence electrons. The summed E-state index contributed by atoms with van der Waals surface area (Å²) in [6.45, 7) is 8.02. The van der Waals surface area contributed by atoms with E-state index in [1.807, 2.05) is 5.32 Å². The predicted octanol–water partition coefficient (Wildman–Crippen LogP) is 2.85. The second-order valence-electron chi connectivity index (χ2n) is 8.16. The fourth-order valence-corrected chi connectivity index (χ4v) is 3.79. The van der Waals surface area contributed by atoms with E-state index >= 15 is 0 Å². The third-order valence-electron chi connectivity index (χ3n) is 3.98. The van der Waals surface area contributed by atoms with Crippen LogP contribution in [0.3, 0.4) is 0 Å². The number of hydrogen-bond donors (Lipinski definition) is 2. The number of benzene rings is 2. The molecule has 32 heavy (non-hydrogen) atoms. The number of ether oxygens (including phenoxy) is 1. The number of hydrogen-bond acceptors (Lipinski definition) is 7. The van der Waals surface area contributed by atoms with E-state index < -0.39 is 40.2 Å². The van der Waals surface area contributed by atoms with Gasteiger partial charge >= 0.3 is 22.1 Å². The summed E-state index contributed by atoms with van der Waals surface area (Å²) >= 11 is 0. The summed E-state index contributed by atoms with van der Waals surface area (Å²) in [5.41, 5.74) is 0.866. The van der Waals surface area contributed by atoms with Gasteiger partial charge in [-0.15, -0.1) is 0 Å². The maximum Gasteiger partial charge on any atom is 0.339 e. The van der Waals surface area contributed by atoms with E-state index in [-0.39, 0.29) is 16.2 Å². The molecule has 2 aromatic carbocycles. The van der Waals surface area contributed by atoms with Gasteiger partial charge in [0.1, 0.15) is 10.6 Å². The molecular weight excluding hydrogens is 436 g/mol. The fraction of sp³-hybridized carbons (Fsp3) is 0.318. The van der Waals surface area contributed by atoms with Crippen LogP contribution in [0.15, 0.2) is 47.4 Å². The first-order chi connectivity index (χ1) is 14.8. The van der Waals surface area contributed by atoms with E-state index in [0.717, 1.165) is 5.56 Å². The average molecular weight is 463 g/mol. The van der Waals surface area contributed by atoms with Crippen molar-refractivity contribution in [3.05, 3.63) is 59.2 Å². The van der Waals surface area contributed by atoms with Crippen LogP contribution in [0.5, 0.6) is 5.75 Å². The minimum Gasteiger partial charge on any atom is -0.452 e. The van der Waals surface area contributed by atoms with Gasteiger partial charge in [-0.05, 0) is 76.1 Å². The molecule has 0 unspecified atom stereocenters. The minimum atomic E-state index is -4.05. The van der Waals surface area contributed by atoms with Crippen molar-refractivity contribution in [3.8, 4) is 5.75 Å². The zero-order valence-electron chi connectivity index (χ0n) is 18.5. The third kappa shape index (κ3) is 7.38. The number of rotatable bonds is 6. The Morgan fingerprint density at radius 3 is 2.19 bits per heavy atom. The molecule has 3 amide bonds. The largest absolute Gasteiger partial charge is 0.452 e. The average Bonchev–Trinajstić information content (AvgIpc) is 2.66. The van der Waals surface area contributed by atoms with Crippen LogP contribution in [0.1, 0.15) is 42.3 Å². The lowest BCUT2D eigenvalue weighted by atomic mass is 10.1. The van der Waals surface area contributed by atoms with Gasteiger partial charge in [0.2, 0.25) is 0 Å². The molecule has 0 atom stereocenters. The molecule has 0 aliphatic heterocycles. The van der Waals surface area contributed by atoms with Gasteiger partial charge in [0.15, 0.2) is 6.61 Å². The molecule has 2 N–H and O–H groups in total. The molecule has 9 nitrogen and oxygen atoms in total. The van der Waals surface area contributed by atoms with E-state index in [4.69, 9.17) is 8.92 Å². The van der Waals surface area contributed by atoms with Gasteiger partial charge < -0.3 is 14.2 Å². The Morgan fingerprint density at radius 1 is 0.969 bits per heavy atom. The van der Waals surface area contributed by atoms with Crippen LogP contribution in [0.2, 0.25) is 0 Å². The lowest BCUT2D eigenvalue weighted by Gasteiger charge is -2.20. The van der Waals surface area contributed by atoms with Gasteiger partial charge in [0, 0.05) is 5.54 Å². The number of urea groups is 1. The fourth-order valence-electron chi connectivity index (χ4n) is 2.54. The standard InChI is InChI=1S/C22H26N2O7S/c1-14-6-7-15(2)18(12-14)32(28,29)31-17-10-8-16(9-11-17)20(26)30-13-19(25)23-21(27)24-22(3,4)5/h6-12H,13H2,1-5H3,(H2,23,24,25,27). The van der Waals surface area contributed by atoms with Crippen molar-refractivity contribution in [2.24, 2.45) is 0 Å². The van der Waals surface area contributed by atoms with Gasteiger partial charge in [-0.25, -0.2) is 9.59 Å². The van der Waals surface area contributed by atoms with Crippen LogP contribution in [0, 0.1) is 13.8 Å². The number of nitrogens with one attached hydrogen (secondary N) is 2. The van der Waals surface area contributed by atoms with Crippen LogP contribution < -0.4 is 14.8 Å². The number of imide groups is 1. The summed E-state index contributed by atoms with van der Waals surface area (Å²) in [7, 11) is -4.05. The normalized spacial score (nSPS) is 11.4. The van der Waals surface area contributed by atoms with Crippen molar-refractivity contribution in [3.63, 3.8) is 0 Å². The van der Waals surface area contributed by atoms with Crippen molar-refractivity contribution in [1.82, 2.24) is 10.6 Å². The molecule has 0 fully saturated rings. The number of carbonyl (C=O) groups is 3. The second-order valence-corrected chi connectivity index (χ2v) is 9.67. The second kappa shape index (κ2) is 9.82. The lowest BCUT2D eigenvalue weighted by molar-refractivity contribution is -0.123. The van der Waals surface area contributed by atoms with Gasteiger partial charge in [-0.2, -0.15) is 8.42 Å². The van der Waals surface area contributed by atoms with Gasteiger partial charge in [-0.3, -0.25) is 10.1 Å². The topological polar surface area (TPSA) is 128 Å². The smallest absolute Gasteiger partial charge is 0.339 e. The highest BCUT2D eigenvalue weighted by molar-refractivity contribution is 7.87. The lowest BCUT2D eigenvalue weighted by Crippen LogP contribution is -2.49. The predicted molar refractivity (Wildman–Crippen MR) is 117 cm³/mol. The van der Waals surface area contributed by atoms with E-state index in [1.54, 1.807) is 46.8 Å². The van der Waals surface area contributed by atoms with Gasteiger partial charge in [-0.1, -0.05) is 12.1 Å². The van der Waals surface area contributed by atoms with Crippen LogP contribution in [-0.2, 0) is 19.6 Å². The molecule has 0 heterocycles. The van der Waals surface area contributed by atoms with E-state index in [0.29, 0.717) is 5.56 Å². The maximum atomic E-state index is 12.6. The van der Waals surface area contributed by atoms with Crippen LogP contribution in [0.4, 0.5) is 4.79 Å². The van der Waals surface area contributed by atoms with Crippen LogP contribution >= 0.6 is 0 Å². The Kier molecular flexibility index (Phi) is 7.63. The van der Waals surface area contributed by atoms with Crippen molar-refractivity contribution in [2.45, 2.75) is 45.1 Å². The van der Waals surface area contributed by atoms with Crippen molar-refractivity contribution >= 4 is 28.0 Å². The highest BCUT2D eigenvalue weighted by Gasteiger charge is 2.20. The summed E-state index contributed by atoms with van der Waals surface area (Å²) in [5, 5.41) is 4.59. The maximum absolute atomic E-state index is 12.6. The van der Waals surface area contributed by atoms with Crippen LogP contribution in [0.25, 0.3) is 0 Å². The van der Waals surface area contributed by atoms with Gasteiger partial charge in [0.05, 0.1) is 5.56 Å². The molecular formula is C22H26N2O7S. The first-order valence-electron chi connectivity index (χ1n) is 9.68. The monoisotopic (exact) mass is 462 g/mol. The zero-order chi connectivity index (χ0) is 24.1. The Labute approximate surface area is 187 Å². The molecule has 2 rings (SSSR count). The quantitative estimate of drug-likeness (QED) is 0.499. The summed E-state index contributed by atoms with van der Waals surface area (Å²) in [5.74, 6) is -1.60. The number of esters is 1. The van der Waals surface area contributed by atoms with Crippen molar-refractivity contribution < 1.29 is 31.7 Å². The number of amides is 3. The molecule has 0 aliphatic rings. The summed E-state index contributed by atoms with van der Waals surface area (Å²) in [6.07, 6.45) is 0. The first kappa shape index (κ1) is 24.9. The molecule has 0 aliphatic carbocycles. The number of carbonyl (C=O) groups excluding carboxylic acids is 3. The highest BCUT2D eigenvalue weighted by atomic mass is 32.2. The Balaban J connectivity index is 1.95. The molecule has 0 saturated heterocycles. The highest BCUT2D eigenvalue weighted by Crippen LogP contribution is 2.23. The third-order valence-corrected chi connectivity index (χ3v) is 5.38. The molecule has 0 bridgehead atoms. The summed E-state index contributed by atoms with van der Waals surface area (Å²) in [4.78, 5) is 35.5. The molecule has 0 radical (unpaired) electrons. The molecule has 2 aromatic rings. The zero-order valence-corrected chi connectivity index (χ0v) is 19.3. The van der Waals surface area contributed by atoms with E-state index in [9.17, 15) is 22.8 Å². The van der Waals surface area contributed by atoms with Crippen molar-refractivity contribution in [2.75, 3.05) is 6.61 Å². The molecule has 10 heteroatoms. The van der Waals surface area contributed by atoms with E-state index in [2.05, 4.69) is 5.32 Å². The van der Waals surface area contributed by atoms with E-state index in [1.165, 1.54) is 30.3 Å².